The van der Waals surface area contributed by atoms with Gasteiger partial charge in [-0.2, -0.15) is 0 Å². The summed E-state index contributed by atoms with van der Waals surface area (Å²) in [6, 6.07) is 14.6. The van der Waals surface area contributed by atoms with Gasteiger partial charge >= 0.3 is 0 Å². The van der Waals surface area contributed by atoms with E-state index >= 15 is 0 Å². The maximum Gasteiger partial charge on any atom is 0.250 e. The molecular weight excluding hydrogens is 441 g/mol. The molecule has 2 fully saturated rings. The van der Waals surface area contributed by atoms with Gasteiger partial charge in [0, 0.05) is 41.4 Å². The van der Waals surface area contributed by atoms with Crippen LogP contribution in [0.1, 0.15) is 30.4 Å². The molecule has 32 heavy (non-hydrogen) atoms. The molecule has 168 valence electrons. The van der Waals surface area contributed by atoms with E-state index in [-0.39, 0.29) is 5.91 Å². The van der Waals surface area contributed by atoms with E-state index < -0.39 is 5.54 Å². The summed E-state index contributed by atoms with van der Waals surface area (Å²) in [6.45, 7) is 6.89. The molecule has 0 saturated carbocycles. The Kier molecular flexibility index (Phi) is 5.96. The molecule has 2 heterocycles. The highest BCUT2D eigenvalue weighted by atomic mass is 35.5. The Morgan fingerprint density at radius 2 is 1.72 bits per heavy atom. The average molecular weight is 470 g/mol. The van der Waals surface area contributed by atoms with Crippen LogP contribution in [0.3, 0.4) is 0 Å². The molecule has 0 N–H and O–H groups in total. The number of amides is 1. The lowest BCUT2D eigenvalue weighted by Crippen LogP contribution is -2.58. The highest BCUT2D eigenvalue weighted by Gasteiger charge is 2.53. The van der Waals surface area contributed by atoms with E-state index in [0.29, 0.717) is 19.3 Å². The highest BCUT2D eigenvalue weighted by molar-refractivity contribution is 6.34. The number of piperidine rings is 1. The zero-order valence-electron chi connectivity index (χ0n) is 18.3. The molecule has 2 saturated heterocycles. The summed E-state index contributed by atoms with van der Waals surface area (Å²) in [5, 5.41) is 1.65. The largest absolute Gasteiger partial charge is 0.339 e. The van der Waals surface area contributed by atoms with E-state index in [4.69, 9.17) is 23.2 Å². The first-order valence-electron chi connectivity index (χ1n) is 11.5. The Morgan fingerprint density at radius 1 is 1.03 bits per heavy atom. The fourth-order valence-corrected chi connectivity index (χ4v) is 6.37. The molecule has 3 aliphatic rings. The van der Waals surface area contributed by atoms with Gasteiger partial charge < -0.3 is 9.80 Å². The monoisotopic (exact) mass is 469 g/mol. The minimum absolute atomic E-state index is 0.240. The molecule has 2 aliphatic heterocycles. The molecular formula is C26H29Cl2N3O. The number of nitrogens with zero attached hydrogens (tertiary/aromatic N) is 3. The molecule has 0 radical (unpaired) electrons. The molecule has 1 atom stereocenters. The zero-order valence-corrected chi connectivity index (χ0v) is 19.8. The number of para-hydroxylation sites is 1. The van der Waals surface area contributed by atoms with Crippen molar-refractivity contribution in [3.63, 3.8) is 0 Å². The van der Waals surface area contributed by atoms with Gasteiger partial charge in [0.2, 0.25) is 5.91 Å². The summed E-state index contributed by atoms with van der Waals surface area (Å²) >= 11 is 13.0. The molecule has 1 amide bonds. The number of hydrogen-bond acceptors (Lipinski definition) is 3. The second-order valence-corrected chi connectivity index (χ2v) is 9.99. The first-order chi connectivity index (χ1) is 15.5. The predicted octanol–water partition coefficient (Wildman–Crippen LogP) is 5.18. The molecule has 5 rings (SSSR count). The number of anilines is 1. The van der Waals surface area contributed by atoms with Crippen molar-refractivity contribution in [3.8, 4) is 0 Å². The van der Waals surface area contributed by atoms with Gasteiger partial charge in [-0.3, -0.25) is 9.69 Å². The molecule has 1 aliphatic carbocycles. The van der Waals surface area contributed by atoms with Crippen molar-refractivity contribution in [2.24, 2.45) is 0 Å². The third kappa shape index (κ3) is 3.63. The SMILES string of the molecule is C=CCN1CN(c2ccccc2)C2(CCN(C3CCc4c(Cl)ccc(Cl)c4C3)CC2)C1=O. The smallest absolute Gasteiger partial charge is 0.250 e. The van der Waals surface area contributed by atoms with E-state index in [1.165, 1.54) is 11.1 Å². The Labute approximate surface area is 200 Å². The Hall–Kier alpha value is -2.01. The van der Waals surface area contributed by atoms with Crippen LogP contribution in [0.25, 0.3) is 0 Å². The molecule has 6 heteroatoms. The topological polar surface area (TPSA) is 26.8 Å². The van der Waals surface area contributed by atoms with E-state index in [1.807, 2.05) is 41.3 Å². The first-order valence-corrected chi connectivity index (χ1v) is 12.2. The molecule has 1 spiro atoms. The van der Waals surface area contributed by atoms with Crippen molar-refractivity contribution >= 4 is 34.8 Å². The fraction of sp³-hybridized carbons (Fsp3) is 0.423. The summed E-state index contributed by atoms with van der Waals surface area (Å²) in [5.41, 5.74) is 3.07. The number of benzene rings is 2. The van der Waals surface area contributed by atoms with Crippen LogP contribution in [0, 0.1) is 0 Å². The predicted molar refractivity (Wildman–Crippen MR) is 132 cm³/mol. The van der Waals surface area contributed by atoms with Crippen molar-refractivity contribution in [1.29, 1.82) is 0 Å². The van der Waals surface area contributed by atoms with Crippen LogP contribution >= 0.6 is 23.2 Å². The van der Waals surface area contributed by atoms with Crippen molar-refractivity contribution in [3.05, 3.63) is 76.3 Å². The minimum Gasteiger partial charge on any atom is -0.339 e. The molecule has 2 aromatic carbocycles. The number of carbonyl (C=O) groups is 1. The second-order valence-electron chi connectivity index (χ2n) is 9.17. The van der Waals surface area contributed by atoms with Gasteiger partial charge in [-0.05, 0) is 67.5 Å². The number of fused-ring (bicyclic) bond motifs is 1. The van der Waals surface area contributed by atoms with Crippen LogP contribution < -0.4 is 4.90 Å². The van der Waals surface area contributed by atoms with Gasteiger partial charge in [0.1, 0.15) is 5.54 Å². The van der Waals surface area contributed by atoms with E-state index in [0.717, 1.165) is 60.9 Å². The normalized spacial score (nSPS) is 22.9. The van der Waals surface area contributed by atoms with E-state index in [9.17, 15) is 4.79 Å². The minimum atomic E-state index is -0.464. The molecule has 0 bridgehead atoms. The second kappa shape index (κ2) is 8.74. The quantitative estimate of drug-likeness (QED) is 0.577. The lowest BCUT2D eigenvalue weighted by molar-refractivity contribution is -0.133. The van der Waals surface area contributed by atoms with Gasteiger partial charge in [-0.25, -0.2) is 0 Å². The van der Waals surface area contributed by atoms with Gasteiger partial charge in [0.05, 0.1) is 6.67 Å². The Bertz CT molecular complexity index is 1020. The third-order valence-electron chi connectivity index (χ3n) is 7.56. The summed E-state index contributed by atoms with van der Waals surface area (Å²) in [6.07, 6.45) is 6.47. The summed E-state index contributed by atoms with van der Waals surface area (Å²) in [5.74, 6) is 0.240. The van der Waals surface area contributed by atoms with Crippen LogP contribution in [0.15, 0.2) is 55.1 Å². The number of carbonyl (C=O) groups excluding carboxylic acids is 1. The van der Waals surface area contributed by atoms with Crippen molar-refractivity contribution in [2.75, 3.05) is 31.2 Å². The van der Waals surface area contributed by atoms with E-state index in [2.05, 4.69) is 28.5 Å². The Morgan fingerprint density at radius 3 is 2.41 bits per heavy atom. The standard InChI is InChI=1S/C26H29Cl2N3O/c1-2-14-30-18-31(19-6-4-3-5-7-19)26(25(30)32)12-15-29(16-13-26)20-8-9-21-22(17-20)24(28)11-10-23(21)27/h2-7,10-11,20H,1,8-9,12-18H2. The summed E-state index contributed by atoms with van der Waals surface area (Å²) in [7, 11) is 0. The number of rotatable bonds is 4. The maximum absolute atomic E-state index is 13.6. The fourth-order valence-electron chi connectivity index (χ4n) is 5.84. The lowest BCUT2D eigenvalue weighted by Gasteiger charge is -2.46. The van der Waals surface area contributed by atoms with Crippen LogP contribution in [-0.4, -0.2) is 53.6 Å². The molecule has 2 aromatic rings. The first kappa shape index (κ1) is 21.8. The van der Waals surface area contributed by atoms with Crippen molar-refractivity contribution in [2.45, 2.75) is 43.7 Å². The highest BCUT2D eigenvalue weighted by Crippen LogP contribution is 2.41. The maximum atomic E-state index is 13.6. The van der Waals surface area contributed by atoms with Gasteiger partial charge in [0.25, 0.3) is 0 Å². The Balaban J connectivity index is 1.35. The number of halogens is 2. The average Bonchev–Trinajstić information content (AvgIpc) is 3.09. The molecule has 1 unspecified atom stereocenters. The lowest BCUT2D eigenvalue weighted by atomic mass is 9.82. The van der Waals surface area contributed by atoms with Crippen LogP contribution in [0.4, 0.5) is 5.69 Å². The van der Waals surface area contributed by atoms with Crippen molar-refractivity contribution < 1.29 is 4.79 Å². The third-order valence-corrected chi connectivity index (χ3v) is 8.27. The van der Waals surface area contributed by atoms with Gasteiger partial charge in [-0.1, -0.05) is 47.5 Å². The van der Waals surface area contributed by atoms with Crippen LogP contribution in [-0.2, 0) is 17.6 Å². The summed E-state index contributed by atoms with van der Waals surface area (Å²) < 4.78 is 0. The van der Waals surface area contributed by atoms with Crippen LogP contribution in [0.5, 0.6) is 0 Å². The molecule has 0 aromatic heterocycles. The van der Waals surface area contributed by atoms with Crippen molar-refractivity contribution in [1.82, 2.24) is 9.80 Å². The number of hydrogen-bond donors (Lipinski definition) is 0. The molecule has 4 nitrogen and oxygen atoms in total. The van der Waals surface area contributed by atoms with E-state index in [1.54, 1.807) is 0 Å². The zero-order chi connectivity index (χ0) is 22.3. The van der Waals surface area contributed by atoms with Gasteiger partial charge in [0.15, 0.2) is 0 Å². The number of likely N-dealkylation sites (tertiary alicyclic amines) is 1. The van der Waals surface area contributed by atoms with Crippen LogP contribution in [0.2, 0.25) is 10.0 Å². The van der Waals surface area contributed by atoms with Gasteiger partial charge in [-0.15, -0.1) is 6.58 Å². The summed E-state index contributed by atoms with van der Waals surface area (Å²) in [4.78, 5) is 20.4.